The monoisotopic (exact) mass is 364 g/mol. The molecule has 4 heteroatoms. The van der Waals surface area contributed by atoms with Crippen molar-refractivity contribution >= 4 is 23.2 Å². The van der Waals surface area contributed by atoms with Gasteiger partial charge in [0.15, 0.2) is 0 Å². The molecule has 2 aromatic carbocycles. The number of hydrogen-bond donors (Lipinski definition) is 2. The summed E-state index contributed by atoms with van der Waals surface area (Å²) in [5.41, 5.74) is 2.10. The molecule has 1 aliphatic rings. The molecular formula is C23H28N2O2. The van der Waals surface area contributed by atoms with Crippen LogP contribution in [0.3, 0.4) is 0 Å². The summed E-state index contributed by atoms with van der Waals surface area (Å²) in [6.07, 6.45) is 7.23. The van der Waals surface area contributed by atoms with Gasteiger partial charge in [0.2, 0.25) is 5.91 Å². The lowest BCUT2D eigenvalue weighted by Crippen LogP contribution is -2.15. The van der Waals surface area contributed by atoms with E-state index >= 15 is 0 Å². The molecule has 142 valence electrons. The summed E-state index contributed by atoms with van der Waals surface area (Å²) in [6.45, 7) is 2.21. The highest BCUT2D eigenvalue weighted by Gasteiger charge is 2.42. The molecule has 1 saturated carbocycles. The summed E-state index contributed by atoms with van der Waals surface area (Å²) < 4.78 is 0. The van der Waals surface area contributed by atoms with Crippen molar-refractivity contribution in [1.29, 1.82) is 0 Å². The Morgan fingerprint density at radius 1 is 0.889 bits per heavy atom. The molecule has 0 aromatic heterocycles. The molecule has 2 amide bonds. The average molecular weight is 364 g/mol. The molecule has 4 nitrogen and oxygen atoms in total. The van der Waals surface area contributed by atoms with E-state index in [4.69, 9.17) is 0 Å². The highest BCUT2D eigenvalue weighted by Crippen LogP contribution is 2.43. The standard InChI is InChI=1S/C23H28N2O2/c1-2-3-4-6-11-18-16-21(18)23(27)25-20-14-12-19(13-15-20)24-22(26)17-9-7-5-8-10-17/h5,7-10,12-15,18,21H,2-4,6,11,16H2,1H3,(H,24,26)(H,25,27). The van der Waals surface area contributed by atoms with Gasteiger partial charge >= 0.3 is 0 Å². The number of unbranched alkanes of at least 4 members (excludes halogenated alkanes) is 3. The number of benzene rings is 2. The van der Waals surface area contributed by atoms with Gasteiger partial charge in [-0.05, 0) is 55.2 Å². The van der Waals surface area contributed by atoms with E-state index in [0.717, 1.165) is 12.1 Å². The van der Waals surface area contributed by atoms with Crippen LogP contribution in [0.2, 0.25) is 0 Å². The van der Waals surface area contributed by atoms with Gasteiger partial charge in [-0.2, -0.15) is 0 Å². The van der Waals surface area contributed by atoms with Gasteiger partial charge in [-0.1, -0.05) is 50.8 Å². The van der Waals surface area contributed by atoms with Gasteiger partial charge in [-0.3, -0.25) is 9.59 Å². The van der Waals surface area contributed by atoms with Crippen molar-refractivity contribution in [2.75, 3.05) is 10.6 Å². The number of rotatable bonds is 9. The van der Waals surface area contributed by atoms with Gasteiger partial charge in [-0.15, -0.1) is 0 Å². The Hall–Kier alpha value is -2.62. The smallest absolute Gasteiger partial charge is 0.255 e. The van der Waals surface area contributed by atoms with E-state index in [1.54, 1.807) is 12.1 Å². The molecule has 2 aromatic rings. The van der Waals surface area contributed by atoms with E-state index in [1.807, 2.05) is 42.5 Å². The van der Waals surface area contributed by atoms with Gasteiger partial charge in [0, 0.05) is 22.9 Å². The maximum Gasteiger partial charge on any atom is 0.255 e. The normalized spacial score (nSPS) is 18.0. The van der Waals surface area contributed by atoms with Crippen molar-refractivity contribution in [3.05, 3.63) is 60.2 Å². The van der Waals surface area contributed by atoms with Crippen molar-refractivity contribution in [3.63, 3.8) is 0 Å². The van der Waals surface area contributed by atoms with Gasteiger partial charge in [0.25, 0.3) is 5.91 Å². The Kier molecular flexibility index (Phi) is 6.64. The quantitative estimate of drug-likeness (QED) is 0.579. The largest absolute Gasteiger partial charge is 0.326 e. The van der Waals surface area contributed by atoms with E-state index in [2.05, 4.69) is 17.6 Å². The second-order valence-corrected chi connectivity index (χ2v) is 7.34. The van der Waals surface area contributed by atoms with Crippen LogP contribution in [0.5, 0.6) is 0 Å². The predicted molar refractivity (Wildman–Crippen MR) is 110 cm³/mol. The molecule has 0 aliphatic heterocycles. The maximum atomic E-state index is 12.3. The van der Waals surface area contributed by atoms with E-state index in [-0.39, 0.29) is 17.7 Å². The Bertz CT molecular complexity index is 756. The van der Waals surface area contributed by atoms with E-state index < -0.39 is 0 Å². The summed E-state index contributed by atoms with van der Waals surface area (Å²) in [4.78, 5) is 24.5. The second kappa shape index (κ2) is 9.36. The maximum absolute atomic E-state index is 12.3. The van der Waals surface area contributed by atoms with Gasteiger partial charge in [0.1, 0.15) is 0 Å². The fourth-order valence-corrected chi connectivity index (χ4v) is 3.39. The lowest BCUT2D eigenvalue weighted by molar-refractivity contribution is -0.117. The van der Waals surface area contributed by atoms with Crippen LogP contribution in [0.1, 0.15) is 55.8 Å². The molecule has 1 fully saturated rings. The first-order chi connectivity index (χ1) is 13.2. The molecule has 2 atom stereocenters. The molecule has 0 bridgehead atoms. The third-order valence-electron chi connectivity index (χ3n) is 5.13. The fourth-order valence-electron chi connectivity index (χ4n) is 3.39. The molecular weight excluding hydrogens is 336 g/mol. The fraction of sp³-hybridized carbons (Fsp3) is 0.391. The molecule has 0 saturated heterocycles. The first kappa shape index (κ1) is 19.2. The zero-order chi connectivity index (χ0) is 19.1. The molecule has 2 N–H and O–H groups in total. The molecule has 3 rings (SSSR count). The number of hydrogen-bond acceptors (Lipinski definition) is 2. The summed E-state index contributed by atoms with van der Waals surface area (Å²) in [6, 6.07) is 16.4. The van der Waals surface area contributed by atoms with Crippen molar-refractivity contribution in [1.82, 2.24) is 0 Å². The van der Waals surface area contributed by atoms with E-state index in [1.165, 1.54) is 32.1 Å². The Morgan fingerprint density at radius 2 is 1.56 bits per heavy atom. The Morgan fingerprint density at radius 3 is 2.22 bits per heavy atom. The number of carbonyl (C=O) groups is 2. The third-order valence-corrected chi connectivity index (χ3v) is 5.13. The van der Waals surface area contributed by atoms with Crippen LogP contribution in [-0.2, 0) is 4.79 Å². The highest BCUT2D eigenvalue weighted by atomic mass is 16.2. The van der Waals surface area contributed by atoms with Crippen LogP contribution in [0.15, 0.2) is 54.6 Å². The highest BCUT2D eigenvalue weighted by molar-refractivity contribution is 6.04. The van der Waals surface area contributed by atoms with Crippen molar-refractivity contribution in [3.8, 4) is 0 Å². The third kappa shape index (κ3) is 5.68. The number of amides is 2. The molecule has 0 spiro atoms. The average Bonchev–Trinajstić information content (AvgIpc) is 3.47. The second-order valence-electron chi connectivity index (χ2n) is 7.34. The molecule has 2 unspecified atom stereocenters. The number of anilines is 2. The first-order valence-electron chi connectivity index (χ1n) is 9.94. The van der Waals surface area contributed by atoms with Crippen molar-refractivity contribution in [2.45, 2.75) is 45.4 Å². The van der Waals surface area contributed by atoms with E-state index in [9.17, 15) is 9.59 Å². The molecule has 0 radical (unpaired) electrons. The topological polar surface area (TPSA) is 58.2 Å². The molecule has 1 aliphatic carbocycles. The predicted octanol–water partition coefficient (Wildman–Crippen LogP) is 5.48. The summed E-state index contributed by atoms with van der Waals surface area (Å²) in [5.74, 6) is 0.711. The lowest BCUT2D eigenvalue weighted by atomic mass is 10.1. The summed E-state index contributed by atoms with van der Waals surface area (Å²) in [5, 5.41) is 5.86. The molecule has 0 heterocycles. The minimum absolute atomic E-state index is 0.122. The zero-order valence-corrected chi connectivity index (χ0v) is 15.9. The van der Waals surface area contributed by atoms with Gasteiger partial charge in [-0.25, -0.2) is 0 Å². The Labute approximate surface area is 161 Å². The van der Waals surface area contributed by atoms with Gasteiger partial charge in [0.05, 0.1) is 0 Å². The number of nitrogens with one attached hydrogen (secondary N) is 2. The summed E-state index contributed by atoms with van der Waals surface area (Å²) >= 11 is 0. The van der Waals surface area contributed by atoms with Crippen molar-refractivity contribution < 1.29 is 9.59 Å². The molecule has 27 heavy (non-hydrogen) atoms. The first-order valence-corrected chi connectivity index (χ1v) is 9.94. The minimum atomic E-state index is -0.142. The summed E-state index contributed by atoms with van der Waals surface area (Å²) in [7, 11) is 0. The minimum Gasteiger partial charge on any atom is -0.326 e. The lowest BCUT2D eigenvalue weighted by Gasteiger charge is -2.08. The van der Waals surface area contributed by atoms with Crippen LogP contribution in [-0.4, -0.2) is 11.8 Å². The Balaban J connectivity index is 1.44. The van der Waals surface area contributed by atoms with Crippen LogP contribution in [0.25, 0.3) is 0 Å². The SMILES string of the molecule is CCCCCCC1CC1C(=O)Nc1ccc(NC(=O)c2ccccc2)cc1. The number of carbonyl (C=O) groups excluding carboxylic acids is 2. The van der Waals surface area contributed by atoms with E-state index in [0.29, 0.717) is 17.2 Å². The zero-order valence-electron chi connectivity index (χ0n) is 15.9. The van der Waals surface area contributed by atoms with Crippen LogP contribution < -0.4 is 10.6 Å². The van der Waals surface area contributed by atoms with Gasteiger partial charge < -0.3 is 10.6 Å². The van der Waals surface area contributed by atoms with Crippen LogP contribution >= 0.6 is 0 Å². The van der Waals surface area contributed by atoms with Crippen molar-refractivity contribution in [2.24, 2.45) is 11.8 Å². The van der Waals surface area contributed by atoms with Crippen LogP contribution in [0.4, 0.5) is 11.4 Å². The van der Waals surface area contributed by atoms with Crippen LogP contribution in [0, 0.1) is 11.8 Å².